The molecule has 1 unspecified atom stereocenters. The molecular weight excluding hydrogens is 257 g/mol. The summed E-state index contributed by atoms with van der Waals surface area (Å²) in [5, 5.41) is 5.20. The third kappa shape index (κ3) is 4.07. The molecule has 0 saturated heterocycles. The second-order valence-electron chi connectivity index (χ2n) is 4.36. The Labute approximate surface area is 116 Å². The van der Waals surface area contributed by atoms with Crippen LogP contribution < -0.4 is 16.4 Å². The predicted octanol–water partition coefficient (Wildman–Crippen LogP) is 2.65. The minimum Gasteiger partial charge on any atom is -0.336 e. The third-order valence-electron chi connectivity index (χ3n) is 2.79. The molecule has 0 aromatic heterocycles. The van der Waals surface area contributed by atoms with Crippen LogP contribution in [0.2, 0.25) is 0 Å². The molecule has 0 spiro atoms. The highest BCUT2D eigenvalue weighted by Crippen LogP contribution is 2.10. The van der Waals surface area contributed by atoms with Gasteiger partial charge in [0, 0.05) is 18.3 Å². The lowest BCUT2D eigenvalue weighted by molar-refractivity contribution is 0.251. The summed E-state index contributed by atoms with van der Waals surface area (Å²) in [6.07, 6.45) is 0. The van der Waals surface area contributed by atoms with Gasteiger partial charge >= 0.3 is 6.03 Å². The number of nitrogens with one attached hydrogen (secondary N) is 2. The predicted molar refractivity (Wildman–Crippen MR) is 76.8 cm³/mol. The van der Waals surface area contributed by atoms with Gasteiger partial charge in [-0.05, 0) is 23.8 Å². The molecule has 0 saturated carbocycles. The van der Waals surface area contributed by atoms with Crippen molar-refractivity contribution in [3.63, 3.8) is 0 Å². The van der Waals surface area contributed by atoms with Crippen LogP contribution in [0.5, 0.6) is 0 Å². The molecule has 2 rings (SSSR count). The van der Waals surface area contributed by atoms with E-state index < -0.39 is 11.8 Å². The van der Waals surface area contributed by atoms with Gasteiger partial charge in [-0.2, -0.15) is 0 Å². The van der Waals surface area contributed by atoms with Gasteiger partial charge in [0.2, 0.25) is 0 Å². The fraction of sp³-hybridized carbons (Fsp3) is 0.133. The molecule has 0 bridgehead atoms. The van der Waals surface area contributed by atoms with Gasteiger partial charge in [0.25, 0.3) is 0 Å². The Bertz CT molecular complexity index is 574. The van der Waals surface area contributed by atoms with E-state index in [0.29, 0.717) is 12.2 Å². The first-order valence-electron chi connectivity index (χ1n) is 6.26. The van der Waals surface area contributed by atoms with E-state index in [4.69, 9.17) is 5.73 Å². The number of hydrogen-bond donors (Lipinski definition) is 3. The fourth-order valence-electron chi connectivity index (χ4n) is 1.76. The summed E-state index contributed by atoms with van der Waals surface area (Å²) in [7, 11) is 0. The van der Waals surface area contributed by atoms with Crippen LogP contribution in [0.15, 0.2) is 54.6 Å². The van der Waals surface area contributed by atoms with E-state index in [1.54, 1.807) is 6.07 Å². The van der Waals surface area contributed by atoms with Gasteiger partial charge in [0.15, 0.2) is 0 Å². The van der Waals surface area contributed by atoms with Crippen molar-refractivity contribution in [2.24, 2.45) is 5.73 Å². The second kappa shape index (κ2) is 6.68. The first-order valence-corrected chi connectivity index (χ1v) is 6.26. The van der Waals surface area contributed by atoms with Crippen LogP contribution >= 0.6 is 0 Å². The Kier molecular flexibility index (Phi) is 4.68. The topological polar surface area (TPSA) is 67.1 Å². The average molecular weight is 273 g/mol. The number of carbonyl (C=O) groups is 1. The number of hydrogen-bond acceptors (Lipinski definition) is 2. The minimum absolute atomic E-state index is 0.283. The van der Waals surface area contributed by atoms with Crippen LogP contribution in [-0.4, -0.2) is 12.6 Å². The Morgan fingerprint density at radius 1 is 1.15 bits per heavy atom. The summed E-state index contributed by atoms with van der Waals surface area (Å²) in [6.45, 7) is 0.297. The minimum atomic E-state index is -0.415. The zero-order valence-corrected chi connectivity index (χ0v) is 10.8. The Balaban J connectivity index is 1.83. The highest BCUT2D eigenvalue weighted by Gasteiger charge is 2.08. The van der Waals surface area contributed by atoms with Crippen LogP contribution in [0.3, 0.4) is 0 Å². The van der Waals surface area contributed by atoms with Gasteiger partial charge in [0.1, 0.15) is 5.82 Å². The SMILES string of the molecule is NC(CNC(=O)Nc1cccc(F)c1)c1ccccc1. The Hall–Kier alpha value is -2.40. The van der Waals surface area contributed by atoms with Crippen LogP contribution in [0, 0.1) is 5.82 Å². The first-order chi connectivity index (χ1) is 9.65. The lowest BCUT2D eigenvalue weighted by Gasteiger charge is -2.13. The van der Waals surface area contributed by atoms with Crippen molar-refractivity contribution in [3.05, 3.63) is 66.0 Å². The molecule has 5 heteroatoms. The van der Waals surface area contributed by atoms with E-state index in [2.05, 4.69) is 10.6 Å². The molecule has 1 atom stereocenters. The van der Waals surface area contributed by atoms with Gasteiger partial charge in [-0.15, -0.1) is 0 Å². The van der Waals surface area contributed by atoms with Crippen LogP contribution in [0.1, 0.15) is 11.6 Å². The number of urea groups is 1. The summed E-state index contributed by atoms with van der Waals surface area (Å²) >= 11 is 0. The average Bonchev–Trinajstić information content (AvgIpc) is 2.46. The molecule has 4 nitrogen and oxygen atoms in total. The fourth-order valence-corrected chi connectivity index (χ4v) is 1.76. The quantitative estimate of drug-likeness (QED) is 0.801. The molecule has 2 amide bonds. The number of nitrogens with two attached hydrogens (primary N) is 1. The monoisotopic (exact) mass is 273 g/mol. The van der Waals surface area contributed by atoms with E-state index in [1.807, 2.05) is 30.3 Å². The first kappa shape index (κ1) is 14.0. The van der Waals surface area contributed by atoms with Crippen molar-refractivity contribution >= 4 is 11.7 Å². The van der Waals surface area contributed by atoms with Gasteiger partial charge in [-0.3, -0.25) is 0 Å². The molecule has 4 N–H and O–H groups in total. The molecular formula is C15H16FN3O. The van der Waals surface area contributed by atoms with Gasteiger partial charge in [-0.25, -0.2) is 9.18 Å². The normalized spacial score (nSPS) is 11.7. The number of benzene rings is 2. The van der Waals surface area contributed by atoms with Crippen molar-refractivity contribution in [1.82, 2.24) is 5.32 Å². The highest BCUT2D eigenvalue weighted by molar-refractivity contribution is 5.89. The van der Waals surface area contributed by atoms with Crippen molar-refractivity contribution in [2.75, 3.05) is 11.9 Å². The molecule has 2 aromatic carbocycles. The summed E-state index contributed by atoms with van der Waals surface area (Å²) < 4.78 is 13.0. The summed E-state index contributed by atoms with van der Waals surface area (Å²) in [5.74, 6) is -0.399. The summed E-state index contributed by atoms with van der Waals surface area (Å²) in [4.78, 5) is 11.7. The number of halogens is 1. The molecule has 0 heterocycles. The van der Waals surface area contributed by atoms with Crippen LogP contribution in [0.4, 0.5) is 14.9 Å². The lowest BCUT2D eigenvalue weighted by Crippen LogP contribution is -2.34. The van der Waals surface area contributed by atoms with Crippen molar-refractivity contribution in [2.45, 2.75) is 6.04 Å². The van der Waals surface area contributed by atoms with E-state index in [0.717, 1.165) is 5.56 Å². The van der Waals surface area contributed by atoms with Crippen LogP contribution in [-0.2, 0) is 0 Å². The third-order valence-corrected chi connectivity index (χ3v) is 2.79. The van der Waals surface area contributed by atoms with E-state index in [9.17, 15) is 9.18 Å². The Morgan fingerprint density at radius 2 is 1.90 bits per heavy atom. The van der Waals surface area contributed by atoms with E-state index >= 15 is 0 Å². The summed E-state index contributed by atoms with van der Waals surface area (Å²) in [6, 6.07) is 14.5. The molecule has 0 aliphatic rings. The van der Waals surface area contributed by atoms with Crippen molar-refractivity contribution < 1.29 is 9.18 Å². The van der Waals surface area contributed by atoms with E-state index in [1.165, 1.54) is 18.2 Å². The number of carbonyl (C=O) groups excluding carboxylic acids is 1. The largest absolute Gasteiger partial charge is 0.336 e. The molecule has 2 aromatic rings. The van der Waals surface area contributed by atoms with E-state index in [-0.39, 0.29) is 6.04 Å². The molecule has 20 heavy (non-hydrogen) atoms. The molecule has 0 radical (unpaired) electrons. The lowest BCUT2D eigenvalue weighted by atomic mass is 10.1. The zero-order valence-electron chi connectivity index (χ0n) is 10.8. The smallest absolute Gasteiger partial charge is 0.319 e. The molecule has 104 valence electrons. The maximum atomic E-state index is 13.0. The molecule has 0 aliphatic heterocycles. The number of amides is 2. The Morgan fingerprint density at radius 3 is 2.60 bits per heavy atom. The van der Waals surface area contributed by atoms with Gasteiger partial charge in [0.05, 0.1) is 0 Å². The molecule has 0 fully saturated rings. The summed E-state index contributed by atoms with van der Waals surface area (Å²) in [5.41, 5.74) is 7.30. The standard InChI is InChI=1S/C15H16FN3O/c16-12-7-4-8-13(9-12)19-15(20)18-10-14(17)11-5-2-1-3-6-11/h1-9,14H,10,17H2,(H2,18,19,20). The maximum Gasteiger partial charge on any atom is 0.319 e. The number of anilines is 1. The van der Waals surface area contributed by atoms with Gasteiger partial charge < -0.3 is 16.4 Å². The zero-order chi connectivity index (χ0) is 14.4. The van der Waals surface area contributed by atoms with Crippen LogP contribution in [0.25, 0.3) is 0 Å². The highest BCUT2D eigenvalue weighted by atomic mass is 19.1. The van der Waals surface area contributed by atoms with Gasteiger partial charge in [-0.1, -0.05) is 36.4 Å². The maximum absolute atomic E-state index is 13.0. The second-order valence-corrected chi connectivity index (χ2v) is 4.36. The molecule has 0 aliphatic carbocycles. The van der Waals surface area contributed by atoms with Crippen molar-refractivity contribution in [3.8, 4) is 0 Å². The number of rotatable bonds is 4. The van der Waals surface area contributed by atoms with Crippen molar-refractivity contribution in [1.29, 1.82) is 0 Å².